The highest BCUT2D eigenvalue weighted by atomic mass is 79.9. The Morgan fingerprint density at radius 3 is 2.63 bits per heavy atom. The van der Waals surface area contributed by atoms with Gasteiger partial charge in [-0.05, 0) is 54.0 Å². The normalized spacial score (nSPS) is 16.5. The topological polar surface area (TPSA) is 41.6 Å². The summed E-state index contributed by atoms with van der Waals surface area (Å²) in [4.78, 5) is 14.3. The average Bonchev–Trinajstić information content (AvgIpc) is 2.46. The number of hydrogen-bond donors (Lipinski definition) is 1. The largest absolute Gasteiger partial charge is 0.496 e. The standard InChI is InChI=1S/C14H19BrN2O2/c1-16-11-5-7-17(8-6-11)14(18)10-3-4-13(19-2)12(15)9-10/h3-4,9,11,16H,5-8H2,1-2H3. The van der Waals surface area contributed by atoms with E-state index < -0.39 is 0 Å². The van der Waals surface area contributed by atoms with E-state index in [9.17, 15) is 4.79 Å². The zero-order valence-electron chi connectivity index (χ0n) is 11.3. The van der Waals surface area contributed by atoms with Crippen molar-refractivity contribution in [3.05, 3.63) is 28.2 Å². The van der Waals surface area contributed by atoms with Crippen molar-refractivity contribution >= 4 is 21.8 Å². The summed E-state index contributed by atoms with van der Waals surface area (Å²) < 4.78 is 5.98. The molecule has 0 unspecified atom stereocenters. The summed E-state index contributed by atoms with van der Waals surface area (Å²) in [7, 11) is 3.59. The molecular weight excluding hydrogens is 308 g/mol. The zero-order chi connectivity index (χ0) is 13.8. The number of likely N-dealkylation sites (tertiary alicyclic amines) is 1. The van der Waals surface area contributed by atoms with E-state index >= 15 is 0 Å². The molecule has 5 heteroatoms. The molecule has 1 amide bonds. The second-order valence-corrected chi connectivity index (χ2v) is 5.56. The second-order valence-electron chi connectivity index (χ2n) is 4.70. The number of benzene rings is 1. The maximum absolute atomic E-state index is 12.4. The molecule has 1 N–H and O–H groups in total. The molecule has 1 aromatic carbocycles. The fourth-order valence-corrected chi connectivity index (χ4v) is 2.89. The molecule has 0 radical (unpaired) electrons. The number of methoxy groups -OCH3 is 1. The van der Waals surface area contributed by atoms with Gasteiger partial charge in [-0.1, -0.05) is 0 Å². The maximum atomic E-state index is 12.4. The van der Waals surface area contributed by atoms with Crippen molar-refractivity contribution in [3.63, 3.8) is 0 Å². The molecule has 0 spiro atoms. The predicted molar refractivity (Wildman–Crippen MR) is 78.7 cm³/mol. The Hall–Kier alpha value is -1.07. The Morgan fingerprint density at radius 1 is 1.42 bits per heavy atom. The number of carbonyl (C=O) groups excluding carboxylic acids is 1. The third-order valence-electron chi connectivity index (χ3n) is 3.59. The summed E-state index contributed by atoms with van der Waals surface area (Å²) in [6, 6.07) is 5.99. The molecule has 0 atom stereocenters. The minimum Gasteiger partial charge on any atom is -0.496 e. The number of nitrogens with one attached hydrogen (secondary N) is 1. The number of ether oxygens (including phenoxy) is 1. The van der Waals surface area contributed by atoms with Crippen LogP contribution in [0.25, 0.3) is 0 Å². The molecule has 1 aromatic rings. The van der Waals surface area contributed by atoms with Crippen LogP contribution >= 0.6 is 15.9 Å². The highest BCUT2D eigenvalue weighted by molar-refractivity contribution is 9.10. The quantitative estimate of drug-likeness (QED) is 0.926. The molecule has 0 bridgehead atoms. The predicted octanol–water partition coefficient (Wildman–Crippen LogP) is 2.28. The molecule has 0 aliphatic carbocycles. The van der Waals surface area contributed by atoms with Gasteiger partial charge in [0.05, 0.1) is 11.6 Å². The lowest BCUT2D eigenvalue weighted by molar-refractivity contribution is 0.0707. The number of piperidine rings is 1. The van der Waals surface area contributed by atoms with Crippen molar-refractivity contribution in [1.29, 1.82) is 0 Å². The summed E-state index contributed by atoms with van der Waals surface area (Å²) in [5.74, 6) is 0.836. The number of hydrogen-bond acceptors (Lipinski definition) is 3. The van der Waals surface area contributed by atoms with E-state index in [0.29, 0.717) is 11.6 Å². The second kappa shape index (κ2) is 6.39. The summed E-state index contributed by atoms with van der Waals surface area (Å²) in [5, 5.41) is 3.27. The van der Waals surface area contributed by atoms with E-state index in [-0.39, 0.29) is 5.91 Å². The lowest BCUT2D eigenvalue weighted by atomic mass is 10.0. The van der Waals surface area contributed by atoms with Gasteiger partial charge in [-0.15, -0.1) is 0 Å². The van der Waals surface area contributed by atoms with E-state index in [4.69, 9.17) is 4.74 Å². The minimum absolute atomic E-state index is 0.0953. The molecule has 1 aliphatic heterocycles. The van der Waals surface area contributed by atoms with E-state index in [1.54, 1.807) is 7.11 Å². The third-order valence-corrected chi connectivity index (χ3v) is 4.21. The Balaban J connectivity index is 2.06. The fourth-order valence-electron chi connectivity index (χ4n) is 2.35. The number of amides is 1. The molecule has 1 fully saturated rings. The SMILES string of the molecule is CNC1CCN(C(=O)c2ccc(OC)c(Br)c2)CC1. The third kappa shape index (κ3) is 3.28. The molecule has 2 rings (SSSR count). The Bertz CT molecular complexity index is 457. The van der Waals surface area contributed by atoms with Gasteiger partial charge in [0.2, 0.25) is 0 Å². The molecule has 4 nitrogen and oxygen atoms in total. The van der Waals surface area contributed by atoms with Crippen molar-refractivity contribution in [1.82, 2.24) is 10.2 Å². The maximum Gasteiger partial charge on any atom is 0.253 e. The first-order valence-corrected chi connectivity index (χ1v) is 7.25. The van der Waals surface area contributed by atoms with Crippen molar-refractivity contribution in [2.24, 2.45) is 0 Å². The minimum atomic E-state index is 0.0953. The average molecular weight is 327 g/mol. The number of rotatable bonds is 3. The summed E-state index contributed by atoms with van der Waals surface area (Å²) in [6.45, 7) is 1.63. The molecule has 0 aromatic heterocycles. The highest BCUT2D eigenvalue weighted by Crippen LogP contribution is 2.26. The smallest absolute Gasteiger partial charge is 0.253 e. The van der Waals surface area contributed by atoms with Gasteiger partial charge in [0, 0.05) is 24.7 Å². The molecule has 104 valence electrons. The molecule has 0 saturated carbocycles. The first-order valence-electron chi connectivity index (χ1n) is 6.45. The summed E-state index contributed by atoms with van der Waals surface area (Å²) >= 11 is 3.41. The van der Waals surface area contributed by atoms with Crippen LogP contribution in [-0.4, -0.2) is 44.1 Å². The Morgan fingerprint density at radius 2 is 2.11 bits per heavy atom. The van der Waals surface area contributed by atoms with E-state index in [1.807, 2.05) is 30.1 Å². The van der Waals surface area contributed by atoms with Gasteiger partial charge in [0.1, 0.15) is 5.75 Å². The van der Waals surface area contributed by atoms with Gasteiger partial charge in [-0.2, -0.15) is 0 Å². The molecule has 19 heavy (non-hydrogen) atoms. The summed E-state index contributed by atoms with van der Waals surface area (Å²) in [6.07, 6.45) is 2.03. The van der Waals surface area contributed by atoms with Crippen LogP contribution in [0.3, 0.4) is 0 Å². The first-order chi connectivity index (χ1) is 9.15. The van der Waals surface area contributed by atoms with Gasteiger partial charge >= 0.3 is 0 Å². The van der Waals surface area contributed by atoms with Gasteiger partial charge in [0.15, 0.2) is 0 Å². The molecular formula is C14H19BrN2O2. The number of halogens is 1. The summed E-state index contributed by atoms with van der Waals surface area (Å²) in [5.41, 5.74) is 0.704. The van der Waals surface area contributed by atoms with Crippen LogP contribution < -0.4 is 10.1 Å². The van der Waals surface area contributed by atoms with Crippen LogP contribution in [0.1, 0.15) is 23.2 Å². The molecule has 1 saturated heterocycles. The number of carbonyl (C=O) groups is 1. The van der Waals surface area contributed by atoms with Crippen LogP contribution in [0.5, 0.6) is 5.75 Å². The van der Waals surface area contributed by atoms with Crippen LogP contribution in [0.2, 0.25) is 0 Å². The first kappa shape index (κ1) is 14.3. The molecule has 1 aliphatic rings. The zero-order valence-corrected chi connectivity index (χ0v) is 12.9. The van der Waals surface area contributed by atoms with Crippen molar-refractivity contribution in [3.8, 4) is 5.75 Å². The van der Waals surface area contributed by atoms with E-state index in [1.165, 1.54) is 0 Å². The fraction of sp³-hybridized carbons (Fsp3) is 0.500. The van der Waals surface area contributed by atoms with Gasteiger partial charge in [-0.3, -0.25) is 4.79 Å². The Labute approximate surface area is 122 Å². The molecule has 1 heterocycles. The monoisotopic (exact) mass is 326 g/mol. The van der Waals surface area contributed by atoms with Crippen molar-refractivity contribution in [2.45, 2.75) is 18.9 Å². The van der Waals surface area contributed by atoms with Gasteiger partial charge in [-0.25, -0.2) is 0 Å². The van der Waals surface area contributed by atoms with Crippen LogP contribution in [0.15, 0.2) is 22.7 Å². The van der Waals surface area contributed by atoms with Gasteiger partial charge < -0.3 is 15.0 Å². The van der Waals surface area contributed by atoms with Crippen LogP contribution in [-0.2, 0) is 0 Å². The van der Waals surface area contributed by atoms with E-state index in [2.05, 4.69) is 21.2 Å². The highest BCUT2D eigenvalue weighted by Gasteiger charge is 2.23. The lowest BCUT2D eigenvalue weighted by Crippen LogP contribution is -2.43. The van der Waals surface area contributed by atoms with Crippen molar-refractivity contribution in [2.75, 3.05) is 27.2 Å². The van der Waals surface area contributed by atoms with Gasteiger partial charge in [0.25, 0.3) is 5.91 Å². The number of nitrogens with zero attached hydrogens (tertiary/aromatic N) is 1. The van der Waals surface area contributed by atoms with E-state index in [0.717, 1.165) is 36.2 Å². The van der Waals surface area contributed by atoms with Crippen LogP contribution in [0.4, 0.5) is 0 Å². The Kier molecular flexibility index (Phi) is 4.82. The lowest BCUT2D eigenvalue weighted by Gasteiger charge is -2.31. The van der Waals surface area contributed by atoms with Crippen molar-refractivity contribution < 1.29 is 9.53 Å². The van der Waals surface area contributed by atoms with Crippen LogP contribution in [0, 0.1) is 0 Å².